The summed E-state index contributed by atoms with van der Waals surface area (Å²) in [4.78, 5) is 21.2. The second kappa shape index (κ2) is 7.87. The summed E-state index contributed by atoms with van der Waals surface area (Å²) in [7, 11) is 0. The molecule has 122 valence electrons. The predicted octanol–water partition coefficient (Wildman–Crippen LogP) is 2.50. The Bertz CT molecular complexity index is 552. The van der Waals surface area contributed by atoms with Gasteiger partial charge < -0.3 is 10.6 Å². The first-order valence-electron chi connectivity index (χ1n) is 6.11. The fourth-order valence-corrected chi connectivity index (χ4v) is 1.95. The van der Waals surface area contributed by atoms with Crippen molar-refractivity contribution in [3.63, 3.8) is 0 Å². The number of benzene rings is 1. The van der Waals surface area contributed by atoms with Gasteiger partial charge in [-0.25, -0.2) is 0 Å². The van der Waals surface area contributed by atoms with Crippen molar-refractivity contribution in [3.8, 4) is 0 Å². The van der Waals surface area contributed by atoms with Gasteiger partial charge in [0.25, 0.3) is 5.69 Å². The number of alkyl halides is 3. The summed E-state index contributed by atoms with van der Waals surface area (Å²) in [5.41, 5.74) is -1.78. The van der Waals surface area contributed by atoms with Crippen molar-refractivity contribution in [3.05, 3.63) is 33.9 Å². The summed E-state index contributed by atoms with van der Waals surface area (Å²) >= 11 is 1.35. The van der Waals surface area contributed by atoms with Crippen LogP contribution in [0, 0.1) is 10.1 Å². The fraction of sp³-hybridized carbons (Fsp3) is 0.417. The van der Waals surface area contributed by atoms with E-state index >= 15 is 0 Å². The minimum Gasteiger partial charge on any atom is -0.378 e. The van der Waals surface area contributed by atoms with Gasteiger partial charge in [0, 0.05) is 19.2 Å². The third-order valence-corrected chi connectivity index (χ3v) is 3.11. The van der Waals surface area contributed by atoms with Crippen molar-refractivity contribution in [2.75, 3.05) is 30.4 Å². The van der Waals surface area contributed by atoms with Crippen LogP contribution in [0.2, 0.25) is 0 Å². The normalized spacial score (nSPS) is 11.1. The van der Waals surface area contributed by atoms with E-state index in [1.165, 1.54) is 11.8 Å². The lowest BCUT2D eigenvalue weighted by atomic mass is 10.1. The zero-order valence-corrected chi connectivity index (χ0v) is 12.4. The molecule has 0 spiro atoms. The third-order valence-electron chi connectivity index (χ3n) is 2.56. The van der Waals surface area contributed by atoms with Gasteiger partial charge in [-0.3, -0.25) is 14.9 Å². The molecular formula is C12H14F3N3O3S. The molecule has 0 heterocycles. The Kier molecular flexibility index (Phi) is 6.47. The van der Waals surface area contributed by atoms with Gasteiger partial charge in [-0.1, -0.05) is 0 Å². The number of nitrogens with one attached hydrogen (secondary N) is 2. The van der Waals surface area contributed by atoms with E-state index in [2.05, 4.69) is 10.6 Å². The smallest absolute Gasteiger partial charge is 0.378 e. The Morgan fingerprint density at radius 2 is 2.05 bits per heavy atom. The monoisotopic (exact) mass is 337 g/mol. The molecule has 0 saturated heterocycles. The molecule has 2 N–H and O–H groups in total. The van der Waals surface area contributed by atoms with Gasteiger partial charge in [-0.2, -0.15) is 24.9 Å². The van der Waals surface area contributed by atoms with Crippen molar-refractivity contribution in [2.24, 2.45) is 0 Å². The Balaban J connectivity index is 2.70. The van der Waals surface area contributed by atoms with E-state index in [1.807, 2.05) is 0 Å². The largest absolute Gasteiger partial charge is 0.416 e. The molecule has 0 unspecified atom stereocenters. The van der Waals surface area contributed by atoms with Crippen LogP contribution in [0.5, 0.6) is 0 Å². The SMILES string of the molecule is CSCC(=O)NCCNc1ccc(C(F)(F)F)cc1[N+](=O)[O-]. The van der Waals surface area contributed by atoms with Crippen LogP contribution in [0.4, 0.5) is 24.5 Å². The molecule has 0 aliphatic heterocycles. The summed E-state index contributed by atoms with van der Waals surface area (Å²) in [5, 5.41) is 16.1. The first-order valence-corrected chi connectivity index (χ1v) is 7.50. The number of rotatable bonds is 7. The molecule has 6 nitrogen and oxygen atoms in total. The van der Waals surface area contributed by atoms with Crippen LogP contribution >= 0.6 is 11.8 Å². The molecule has 1 aromatic rings. The van der Waals surface area contributed by atoms with E-state index in [0.717, 1.165) is 12.1 Å². The summed E-state index contributed by atoms with van der Waals surface area (Å²) in [5.74, 6) is 0.108. The number of nitro benzene ring substituents is 1. The van der Waals surface area contributed by atoms with Gasteiger partial charge in [-0.15, -0.1) is 0 Å². The number of halogens is 3. The number of hydrogen-bond donors (Lipinski definition) is 2. The summed E-state index contributed by atoms with van der Waals surface area (Å²) in [6.07, 6.45) is -2.88. The van der Waals surface area contributed by atoms with Gasteiger partial charge in [0.2, 0.25) is 5.91 Å². The van der Waals surface area contributed by atoms with Gasteiger partial charge >= 0.3 is 6.18 Å². The molecule has 1 aromatic carbocycles. The van der Waals surface area contributed by atoms with Crippen LogP contribution in [0.25, 0.3) is 0 Å². The molecule has 0 saturated carbocycles. The number of nitro groups is 1. The molecule has 1 amide bonds. The van der Waals surface area contributed by atoms with Gasteiger partial charge in [0.1, 0.15) is 5.69 Å². The number of anilines is 1. The Labute approximate surface area is 128 Å². The van der Waals surface area contributed by atoms with E-state index < -0.39 is 22.4 Å². The Morgan fingerprint density at radius 3 is 2.59 bits per heavy atom. The molecule has 10 heteroatoms. The molecule has 0 aliphatic carbocycles. The van der Waals surface area contributed by atoms with Gasteiger partial charge in [0.05, 0.1) is 16.2 Å². The number of thioether (sulfide) groups is 1. The lowest BCUT2D eigenvalue weighted by molar-refractivity contribution is -0.384. The van der Waals surface area contributed by atoms with Crippen molar-refractivity contribution >= 4 is 29.0 Å². The number of carbonyl (C=O) groups is 1. The number of amides is 1. The highest BCUT2D eigenvalue weighted by Crippen LogP contribution is 2.34. The highest BCUT2D eigenvalue weighted by atomic mass is 32.2. The molecule has 0 radical (unpaired) electrons. The predicted molar refractivity (Wildman–Crippen MR) is 78.0 cm³/mol. The highest BCUT2D eigenvalue weighted by Gasteiger charge is 2.32. The summed E-state index contributed by atoms with van der Waals surface area (Å²) < 4.78 is 37.6. The Morgan fingerprint density at radius 1 is 1.36 bits per heavy atom. The van der Waals surface area contributed by atoms with E-state index in [0.29, 0.717) is 11.8 Å². The quantitative estimate of drug-likeness (QED) is 0.454. The number of nitrogens with zero attached hydrogens (tertiary/aromatic N) is 1. The fourth-order valence-electron chi connectivity index (χ4n) is 1.59. The highest BCUT2D eigenvalue weighted by molar-refractivity contribution is 7.99. The van der Waals surface area contributed by atoms with Crippen LogP contribution in [-0.2, 0) is 11.0 Å². The van der Waals surface area contributed by atoms with Crippen molar-refractivity contribution in [1.82, 2.24) is 5.32 Å². The maximum absolute atomic E-state index is 12.5. The summed E-state index contributed by atoms with van der Waals surface area (Å²) in [6.45, 7) is 0.365. The molecule has 0 aliphatic rings. The van der Waals surface area contributed by atoms with E-state index in [9.17, 15) is 28.1 Å². The van der Waals surface area contributed by atoms with Crippen LogP contribution in [-0.4, -0.2) is 35.9 Å². The zero-order valence-electron chi connectivity index (χ0n) is 11.6. The standard InChI is InChI=1S/C12H14F3N3O3S/c1-22-7-11(19)17-5-4-16-9-3-2-8(12(13,14)15)6-10(9)18(20)21/h2-3,6,16H,4-5,7H2,1H3,(H,17,19). The van der Waals surface area contributed by atoms with E-state index in [4.69, 9.17) is 0 Å². The van der Waals surface area contributed by atoms with E-state index in [1.54, 1.807) is 6.26 Å². The third kappa shape index (κ3) is 5.43. The minimum atomic E-state index is -4.64. The second-order valence-electron chi connectivity index (χ2n) is 4.20. The van der Waals surface area contributed by atoms with Crippen LogP contribution in [0.1, 0.15) is 5.56 Å². The van der Waals surface area contributed by atoms with Crippen molar-refractivity contribution in [1.29, 1.82) is 0 Å². The molecule has 1 rings (SSSR count). The first kappa shape index (κ1) is 18.1. The number of carbonyl (C=O) groups excluding carboxylic acids is 1. The Hall–Kier alpha value is -1.97. The summed E-state index contributed by atoms with van der Waals surface area (Å²) in [6, 6.07) is 2.25. The van der Waals surface area contributed by atoms with Gasteiger partial charge in [0.15, 0.2) is 0 Å². The second-order valence-corrected chi connectivity index (χ2v) is 5.06. The minimum absolute atomic E-state index is 0.0304. The molecule has 22 heavy (non-hydrogen) atoms. The average Bonchev–Trinajstić information content (AvgIpc) is 2.42. The maximum atomic E-state index is 12.5. The van der Waals surface area contributed by atoms with E-state index in [-0.39, 0.29) is 24.7 Å². The molecule has 0 fully saturated rings. The first-order chi connectivity index (χ1) is 10.3. The van der Waals surface area contributed by atoms with Crippen molar-refractivity contribution < 1.29 is 22.9 Å². The molecular weight excluding hydrogens is 323 g/mol. The van der Waals surface area contributed by atoms with Crippen LogP contribution < -0.4 is 10.6 Å². The molecule has 0 bridgehead atoms. The topological polar surface area (TPSA) is 84.3 Å². The lowest BCUT2D eigenvalue weighted by Crippen LogP contribution is -2.30. The lowest BCUT2D eigenvalue weighted by Gasteiger charge is -2.11. The maximum Gasteiger partial charge on any atom is 0.416 e. The molecule has 0 atom stereocenters. The molecule has 0 aromatic heterocycles. The van der Waals surface area contributed by atoms with Crippen LogP contribution in [0.15, 0.2) is 18.2 Å². The average molecular weight is 337 g/mol. The van der Waals surface area contributed by atoms with Crippen molar-refractivity contribution in [2.45, 2.75) is 6.18 Å². The van der Waals surface area contributed by atoms with Crippen LogP contribution in [0.3, 0.4) is 0 Å². The zero-order chi connectivity index (χ0) is 16.8. The number of hydrogen-bond acceptors (Lipinski definition) is 5. The van der Waals surface area contributed by atoms with Gasteiger partial charge in [-0.05, 0) is 18.4 Å².